The Labute approximate surface area is 333 Å². The van der Waals surface area contributed by atoms with E-state index < -0.39 is 23.9 Å². The SMILES string of the molecule is COc1c(OCCCNCCc2c[nH]c3ccccc23)cccc1C1OC(CC(=O)NCc2ccccc2F)C(=O)N(CC(C)(C)C)c2ccc(Cl)cc21.Cl. The number of halogens is 3. The van der Waals surface area contributed by atoms with Gasteiger partial charge in [-0.05, 0) is 73.3 Å². The van der Waals surface area contributed by atoms with E-state index in [2.05, 4.69) is 40.0 Å². The average molecular weight is 792 g/mol. The molecule has 0 saturated heterocycles. The molecule has 0 radical (unpaired) electrons. The highest BCUT2D eigenvalue weighted by atomic mass is 35.5. The van der Waals surface area contributed by atoms with Crippen molar-refractivity contribution in [3.05, 3.63) is 124 Å². The number of carbonyl (C=O) groups is 2. The number of hydrogen-bond donors (Lipinski definition) is 3. The fourth-order valence-corrected chi connectivity index (χ4v) is 6.98. The number of aromatic amines is 1. The molecule has 1 aromatic heterocycles. The minimum Gasteiger partial charge on any atom is -0.492 e. The maximum absolute atomic E-state index is 14.4. The second kappa shape index (κ2) is 18.8. The summed E-state index contributed by atoms with van der Waals surface area (Å²) in [5, 5.41) is 7.99. The molecule has 0 bridgehead atoms. The highest BCUT2D eigenvalue weighted by Crippen LogP contribution is 2.45. The first kappa shape index (κ1) is 41.6. The Balaban J connectivity index is 0.00000580. The van der Waals surface area contributed by atoms with Crippen LogP contribution in [0, 0.1) is 11.2 Å². The van der Waals surface area contributed by atoms with Crippen molar-refractivity contribution in [3.63, 3.8) is 0 Å². The van der Waals surface area contributed by atoms with E-state index in [1.165, 1.54) is 17.0 Å². The molecule has 0 saturated carbocycles. The summed E-state index contributed by atoms with van der Waals surface area (Å²) in [5.74, 6) is -0.243. The third-order valence-electron chi connectivity index (χ3n) is 9.34. The van der Waals surface area contributed by atoms with Crippen LogP contribution < -0.4 is 25.0 Å². The molecule has 5 aromatic rings. The van der Waals surface area contributed by atoms with E-state index in [9.17, 15) is 14.0 Å². The molecule has 9 nitrogen and oxygen atoms in total. The van der Waals surface area contributed by atoms with Crippen LogP contribution >= 0.6 is 24.0 Å². The smallest absolute Gasteiger partial charge is 0.256 e. The zero-order valence-electron chi connectivity index (χ0n) is 31.6. The van der Waals surface area contributed by atoms with Crippen LogP contribution in [0.15, 0.2) is 91.1 Å². The number of H-pyrrole nitrogens is 1. The number of ether oxygens (including phenoxy) is 3. The number of aromatic nitrogens is 1. The van der Waals surface area contributed by atoms with Gasteiger partial charge >= 0.3 is 0 Å². The van der Waals surface area contributed by atoms with E-state index in [0.717, 1.165) is 31.4 Å². The Bertz CT molecular complexity index is 2080. The number of fused-ring (bicyclic) bond motifs is 2. The molecule has 6 rings (SSSR count). The number of methoxy groups -OCH3 is 1. The number of anilines is 1. The Kier molecular flexibility index (Phi) is 14.2. The Morgan fingerprint density at radius 3 is 2.55 bits per heavy atom. The summed E-state index contributed by atoms with van der Waals surface area (Å²) in [4.78, 5) is 32.7. The van der Waals surface area contributed by atoms with Crippen molar-refractivity contribution >= 4 is 52.4 Å². The molecule has 0 spiro atoms. The van der Waals surface area contributed by atoms with Gasteiger partial charge in [-0.2, -0.15) is 0 Å². The Morgan fingerprint density at radius 1 is 0.982 bits per heavy atom. The summed E-state index contributed by atoms with van der Waals surface area (Å²) in [6, 6.07) is 25.5. The summed E-state index contributed by atoms with van der Waals surface area (Å²) >= 11 is 6.60. The molecule has 0 fully saturated rings. The monoisotopic (exact) mass is 790 g/mol. The van der Waals surface area contributed by atoms with Crippen molar-refractivity contribution in [3.8, 4) is 11.5 Å². The lowest BCUT2D eigenvalue weighted by atomic mass is 9.94. The number of nitrogens with zero attached hydrogens (tertiary/aromatic N) is 1. The fourth-order valence-electron chi connectivity index (χ4n) is 6.80. The lowest BCUT2D eigenvalue weighted by Gasteiger charge is -2.31. The Morgan fingerprint density at radius 2 is 1.76 bits per heavy atom. The van der Waals surface area contributed by atoms with Crippen molar-refractivity contribution in [2.24, 2.45) is 5.41 Å². The van der Waals surface area contributed by atoms with Gasteiger partial charge in [0.05, 0.1) is 20.1 Å². The fraction of sp³-hybridized carbons (Fsp3) is 0.349. The van der Waals surface area contributed by atoms with Crippen LogP contribution in [0.2, 0.25) is 5.02 Å². The molecular weight excluding hydrogens is 742 g/mol. The quantitative estimate of drug-likeness (QED) is 0.0919. The van der Waals surface area contributed by atoms with Gasteiger partial charge < -0.3 is 34.7 Å². The van der Waals surface area contributed by atoms with E-state index in [-0.39, 0.29) is 36.7 Å². The van der Waals surface area contributed by atoms with Gasteiger partial charge in [-0.3, -0.25) is 9.59 Å². The number of rotatable bonds is 15. The lowest BCUT2D eigenvalue weighted by Crippen LogP contribution is -2.45. The zero-order valence-corrected chi connectivity index (χ0v) is 33.2. The van der Waals surface area contributed by atoms with Crippen LogP contribution in [-0.2, 0) is 27.3 Å². The molecule has 292 valence electrons. The van der Waals surface area contributed by atoms with Crippen molar-refractivity contribution in [2.75, 3.05) is 38.3 Å². The molecule has 0 aliphatic carbocycles. The topological polar surface area (TPSA) is 105 Å². The second-order valence-electron chi connectivity index (χ2n) is 14.7. The first-order chi connectivity index (χ1) is 26.0. The Hall–Kier alpha value is -4.61. The van der Waals surface area contributed by atoms with Crippen molar-refractivity contribution in [2.45, 2.75) is 58.8 Å². The van der Waals surface area contributed by atoms with E-state index in [4.69, 9.17) is 25.8 Å². The summed E-state index contributed by atoms with van der Waals surface area (Å²) in [6.07, 6.45) is 1.45. The standard InChI is InChI=1S/C43H48ClFN4O5.ClH/c1-43(2,3)27-49-36-18-17-30(44)23-33(36)40(54-38(42(49)51)24-39(50)48-26-29-11-5-7-14-34(29)45)32-13-9-16-37(41(32)52-4)53-22-10-20-46-21-19-28-25-47-35-15-8-6-12-31(28)35;/h5-9,11-18,23,25,38,40,46-47H,10,19-22,24,26-27H2,1-4H3,(H,48,50);1H. The van der Waals surface area contributed by atoms with Gasteiger partial charge in [-0.15, -0.1) is 12.4 Å². The molecule has 1 aliphatic heterocycles. The number of hydrogen-bond acceptors (Lipinski definition) is 6. The summed E-state index contributed by atoms with van der Waals surface area (Å²) in [6.45, 7) is 8.51. The van der Waals surface area contributed by atoms with E-state index >= 15 is 0 Å². The first-order valence-electron chi connectivity index (χ1n) is 18.3. The minimum absolute atomic E-state index is 0. The third kappa shape index (κ3) is 10.4. The largest absolute Gasteiger partial charge is 0.492 e. The molecule has 2 unspecified atom stereocenters. The van der Waals surface area contributed by atoms with Gasteiger partial charge in [-0.25, -0.2) is 4.39 Å². The van der Waals surface area contributed by atoms with Gasteiger partial charge in [0.1, 0.15) is 18.0 Å². The van der Waals surface area contributed by atoms with Gasteiger partial charge in [0.2, 0.25) is 5.91 Å². The minimum atomic E-state index is -1.17. The number of para-hydroxylation sites is 2. The van der Waals surface area contributed by atoms with E-state index in [1.54, 1.807) is 42.3 Å². The normalized spacial score (nSPS) is 15.6. The summed E-state index contributed by atoms with van der Waals surface area (Å²) < 4.78 is 33.2. The predicted octanol–water partition coefficient (Wildman–Crippen LogP) is 8.57. The molecule has 1 aliphatic rings. The van der Waals surface area contributed by atoms with Gasteiger partial charge in [0.15, 0.2) is 11.5 Å². The maximum Gasteiger partial charge on any atom is 0.256 e. The molecular formula is C43H49Cl2FN4O5. The third-order valence-corrected chi connectivity index (χ3v) is 9.57. The van der Waals surface area contributed by atoms with Gasteiger partial charge in [0, 0.05) is 57.6 Å². The predicted molar refractivity (Wildman–Crippen MR) is 218 cm³/mol. The second-order valence-corrected chi connectivity index (χ2v) is 15.1. The maximum atomic E-state index is 14.4. The number of benzene rings is 4. The van der Waals surface area contributed by atoms with Crippen molar-refractivity contribution in [1.82, 2.24) is 15.6 Å². The van der Waals surface area contributed by atoms with Crippen LogP contribution in [0.4, 0.5) is 10.1 Å². The van der Waals surface area contributed by atoms with Gasteiger partial charge in [0.25, 0.3) is 5.91 Å². The van der Waals surface area contributed by atoms with Crippen LogP contribution in [-0.4, -0.2) is 56.3 Å². The molecule has 2 heterocycles. The molecule has 55 heavy (non-hydrogen) atoms. The molecule has 4 aromatic carbocycles. The lowest BCUT2D eigenvalue weighted by molar-refractivity contribution is -0.138. The van der Waals surface area contributed by atoms with E-state index in [1.807, 2.05) is 51.1 Å². The van der Waals surface area contributed by atoms with Crippen LogP contribution in [0.3, 0.4) is 0 Å². The van der Waals surface area contributed by atoms with Crippen molar-refractivity contribution in [1.29, 1.82) is 0 Å². The number of carbonyl (C=O) groups excluding carboxylic acids is 2. The number of amides is 2. The van der Waals surface area contributed by atoms with E-state index in [0.29, 0.717) is 52.1 Å². The molecule has 2 atom stereocenters. The van der Waals surface area contributed by atoms with Gasteiger partial charge in [-0.1, -0.05) is 80.9 Å². The first-order valence-corrected chi connectivity index (χ1v) is 18.7. The highest BCUT2D eigenvalue weighted by molar-refractivity contribution is 6.30. The molecule has 3 N–H and O–H groups in total. The average Bonchev–Trinajstić information content (AvgIpc) is 3.53. The zero-order chi connectivity index (χ0) is 38.2. The summed E-state index contributed by atoms with van der Waals surface area (Å²) in [5.41, 5.74) is 4.39. The van der Waals surface area contributed by atoms with Crippen LogP contribution in [0.1, 0.15) is 62.0 Å². The number of nitrogens with one attached hydrogen (secondary N) is 3. The highest BCUT2D eigenvalue weighted by Gasteiger charge is 2.40. The van der Waals surface area contributed by atoms with Crippen LogP contribution in [0.5, 0.6) is 11.5 Å². The molecule has 12 heteroatoms. The van der Waals surface area contributed by atoms with Crippen molar-refractivity contribution < 1.29 is 28.2 Å². The molecule has 2 amide bonds. The summed E-state index contributed by atoms with van der Waals surface area (Å²) in [7, 11) is 1.57. The van der Waals surface area contributed by atoms with Crippen LogP contribution in [0.25, 0.3) is 10.9 Å².